The molecule has 1 aliphatic heterocycles. The maximum Gasteiger partial charge on any atom is 0.240 e. The summed E-state index contributed by atoms with van der Waals surface area (Å²) in [4.78, 5) is 14.0. The van der Waals surface area contributed by atoms with Crippen molar-refractivity contribution in [3.63, 3.8) is 0 Å². The molecule has 196 valence electrons. The van der Waals surface area contributed by atoms with Crippen molar-refractivity contribution in [3.8, 4) is 11.5 Å². The molecule has 8 heteroatoms. The molecule has 4 rings (SSSR count). The Balaban J connectivity index is 1.57. The molecule has 1 aromatic rings. The number of fused-ring (bicyclic) bond motifs is 1. The van der Waals surface area contributed by atoms with E-state index in [2.05, 4.69) is 13.8 Å². The lowest BCUT2D eigenvalue weighted by Gasteiger charge is -2.37. The summed E-state index contributed by atoms with van der Waals surface area (Å²) >= 11 is 0. The standard InChI is InChI=1S/C27H41NO6S/c1-18(2)21(14-19-8-9-22(33-6)23(15-19)34-13-7-12-32-5)25(29)28-24-16-20-10-11-27(24,26(20,3)4)17-35(28,30)31/h8-9,15,18,20-21,24H,7,10-14,16-17H2,1-6H3/t20?,21-,24?,27?/m1/s1. The fraction of sp³-hybridized carbons (Fsp3) is 0.741. The first-order valence-corrected chi connectivity index (χ1v) is 14.4. The average molecular weight is 508 g/mol. The molecule has 1 spiro atoms. The molecule has 35 heavy (non-hydrogen) atoms. The number of hydrogen-bond acceptors (Lipinski definition) is 6. The van der Waals surface area contributed by atoms with Crippen LogP contribution in [0.1, 0.15) is 58.9 Å². The number of carbonyl (C=O) groups excluding carboxylic acids is 1. The first kappa shape index (κ1) is 26.3. The van der Waals surface area contributed by atoms with Gasteiger partial charge in [0.1, 0.15) is 0 Å². The Morgan fingerprint density at radius 3 is 2.54 bits per heavy atom. The maximum absolute atomic E-state index is 14.0. The van der Waals surface area contributed by atoms with Gasteiger partial charge in [0.2, 0.25) is 15.9 Å². The Hall–Kier alpha value is -1.80. The quantitative estimate of drug-likeness (QED) is 0.440. The number of hydrogen-bond donors (Lipinski definition) is 0. The van der Waals surface area contributed by atoms with Gasteiger partial charge in [0.15, 0.2) is 11.5 Å². The van der Waals surface area contributed by atoms with Gasteiger partial charge in [-0.3, -0.25) is 4.79 Å². The van der Waals surface area contributed by atoms with Gasteiger partial charge >= 0.3 is 0 Å². The van der Waals surface area contributed by atoms with Gasteiger partial charge in [0, 0.05) is 31.5 Å². The molecule has 2 saturated carbocycles. The summed E-state index contributed by atoms with van der Waals surface area (Å²) in [5.41, 5.74) is 0.564. The summed E-state index contributed by atoms with van der Waals surface area (Å²) in [7, 11) is -0.384. The maximum atomic E-state index is 14.0. The van der Waals surface area contributed by atoms with Crippen LogP contribution in [-0.4, -0.2) is 57.9 Å². The van der Waals surface area contributed by atoms with Crippen LogP contribution in [0.4, 0.5) is 0 Å². The van der Waals surface area contributed by atoms with E-state index in [0.29, 0.717) is 37.1 Å². The van der Waals surface area contributed by atoms with Crippen molar-refractivity contribution >= 4 is 15.9 Å². The SMILES string of the molecule is COCCCOc1cc(C[C@@H](C(=O)N2C3CC4CCC3(CS2(=O)=O)C4(C)C)C(C)C)ccc1OC. The van der Waals surface area contributed by atoms with E-state index in [1.54, 1.807) is 14.2 Å². The summed E-state index contributed by atoms with van der Waals surface area (Å²) in [6.45, 7) is 9.51. The van der Waals surface area contributed by atoms with Gasteiger partial charge in [-0.2, -0.15) is 0 Å². The number of nitrogens with zero attached hydrogens (tertiary/aromatic N) is 1. The van der Waals surface area contributed by atoms with Gasteiger partial charge in [-0.25, -0.2) is 12.7 Å². The fourth-order valence-electron chi connectivity index (χ4n) is 6.95. The van der Waals surface area contributed by atoms with Gasteiger partial charge in [0.05, 0.1) is 25.5 Å². The molecule has 7 nitrogen and oxygen atoms in total. The minimum Gasteiger partial charge on any atom is -0.493 e. The minimum atomic E-state index is -3.64. The van der Waals surface area contributed by atoms with Crippen LogP contribution >= 0.6 is 0 Å². The Morgan fingerprint density at radius 2 is 1.91 bits per heavy atom. The molecular formula is C27H41NO6S. The van der Waals surface area contributed by atoms with Crippen molar-refractivity contribution in [3.05, 3.63) is 23.8 Å². The first-order chi connectivity index (χ1) is 16.5. The predicted octanol–water partition coefficient (Wildman–Crippen LogP) is 4.29. The number of rotatable bonds is 10. The van der Waals surface area contributed by atoms with Crippen molar-refractivity contribution in [1.82, 2.24) is 4.31 Å². The van der Waals surface area contributed by atoms with E-state index in [1.807, 2.05) is 32.0 Å². The molecule has 3 unspecified atom stereocenters. The highest BCUT2D eigenvalue weighted by Gasteiger charge is 2.72. The molecule has 1 heterocycles. The lowest BCUT2D eigenvalue weighted by Crippen LogP contribution is -2.47. The number of carbonyl (C=O) groups is 1. The second-order valence-corrected chi connectivity index (χ2v) is 13.3. The summed E-state index contributed by atoms with van der Waals surface area (Å²) in [5.74, 6) is 1.16. The van der Waals surface area contributed by atoms with Crippen molar-refractivity contribution in [1.29, 1.82) is 0 Å². The Bertz CT molecular complexity index is 1050. The van der Waals surface area contributed by atoms with Crippen LogP contribution in [0.15, 0.2) is 18.2 Å². The highest BCUT2D eigenvalue weighted by molar-refractivity contribution is 7.90. The van der Waals surface area contributed by atoms with Gasteiger partial charge in [-0.1, -0.05) is 33.8 Å². The number of benzene rings is 1. The van der Waals surface area contributed by atoms with Crippen molar-refractivity contribution in [2.24, 2.45) is 28.6 Å². The number of amides is 1. The monoisotopic (exact) mass is 507 g/mol. The molecule has 4 atom stereocenters. The van der Waals surface area contributed by atoms with Crippen molar-refractivity contribution < 1.29 is 27.4 Å². The molecule has 3 aliphatic rings. The van der Waals surface area contributed by atoms with Crippen LogP contribution in [0.3, 0.4) is 0 Å². The first-order valence-electron chi connectivity index (χ1n) is 12.8. The van der Waals surface area contributed by atoms with Crippen LogP contribution in [-0.2, 0) is 26.0 Å². The lowest BCUT2D eigenvalue weighted by molar-refractivity contribution is -0.134. The minimum absolute atomic E-state index is 0.00553. The van der Waals surface area contributed by atoms with Crippen molar-refractivity contribution in [2.45, 2.75) is 65.8 Å². The molecule has 2 aliphatic carbocycles. The smallest absolute Gasteiger partial charge is 0.240 e. The normalized spacial score (nSPS) is 28.8. The van der Waals surface area contributed by atoms with Gasteiger partial charge in [-0.15, -0.1) is 0 Å². The van der Waals surface area contributed by atoms with E-state index < -0.39 is 15.9 Å². The van der Waals surface area contributed by atoms with E-state index in [1.165, 1.54) is 4.31 Å². The van der Waals surface area contributed by atoms with E-state index in [9.17, 15) is 13.2 Å². The Labute approximate surface area is 210 Å². The highest BCUT2D eigenvalue weighted by atomic mass is 32.2. The molecule has 0 N–H and O–H groups in total. The molecule has 1 saturated heterocycles. The molecule has 1 amide bonds. The molecule has 0 radical (unpaired) electrons. The van der Waals surface area contributed by atoms with Crippen LogP contribution < -0.4 is 9.47 Å². The summed E-state index contributed by atoms with van der Waals surface area (Å²) in [6.07, 6.45) is 3.96. The largest absolute Gasteiger partial charge is 0.493 e. The second-order valence-electron chi connectivity index (χ2n) is 11.5. The second kappa shape index (κ2) is 9.58. The van der Waals surface area contributed by atoms with Gasteiger partial charge in [-0.05, 0) is 60.6 Å². The van der Waals surface area contributed by atoms with Gasteiger partial charge in [0.25, 0.3) is 0 Å². The summed E-state index contributed by atoms with van der Waals surface area (Å²) in [5, 5.41) is 0. The average Bonchev–Trinajstić information content (AvgIpc) is 3.27. The van der Waals surface area contributed by atoms with Crippen LogP contribution in [0, 0.1) is 28.6 Å². The number of methoxy groups -OCH3 is 2. The lowest BCUT2D eigenvalue weighted by atomic mass is 9.69. The third-order valence-corrected chi connectivity index (χ3v) is 11.1. The molecule has 2 bridgehead atoms. The third kappa shape index (κ3) is 4.35. The Kier molecular flexibility index (Phi) is 7.19. The molecular weight excluding hydrogens is 466 g/mol. The van der Waals surface area contributed by atoms with Gasteiger partial charge < -0.3 is 14.2 Å². The predicted molar refractivity (Wildman–Crippen MR) is 135 cm³/mol. The molecule has 1 aromatic carbocycles. The van der Waals surface area contributed by atoms with E-state index in [0.717, 1.165) is 31.2 Å². The number of sulfonamides is 1. The van der Waals surface area contributed by atoms with E-state index >= 15 is 0 Å². The van der Waals surface area contributed by atoms with Crippen LogP contribution in [0.25, 0.3) is 0 Å². The zero-order valence-electron chi connectivity index (χ0n) is 22.0. The van der Waals surface area contributed by atoms with Crippen molar-refractivity contribution in [2.75, 3.05) is 33.2 Å². The Morgan fingerprint density at radius 1 is 1.17 bits per heavy atom. The topological polar surface area (TPSA) is 82.1 Å². The van der Waals surface area contributed by atoms with Crippen LogP contribution in [0.5, 0.6) is 11.5 Å². The van der Waals surface area contributed by atoms with Crippen LogP contribution in [0.2, 0.25) is 0 Å². The summed E-state index contributed by atoms with van der Waals surface area (Å²) < 4.78 is 44.7. The fourth-order valence-corrected chi connectivity index (χ4v) is 9.53. The summed E-state index contributed by atoms with van der Waals surface area (Å²) in [6, 6.07) is 5.49. The third-order valence-electron chi connectivity index (χ3n) is 9.18. The zero-order chi connectivity index (χ0) is 25.6. The molecule has 3 fully saturated rings. The number of ether oxygens (including phenoxy) is 3. The molecule has 0 aromatic heterocycles. The zero-order valence-corrected chi connectivity index (χ0v) is 22.8. The van der Waals surface area contributed by atoms with E-state index in [4.69, 9.17) is 14.2 Å². The van der Waals surface area contributed by atoms with E-state index in [-0.39, 0.29) is 34.4 Å². The highest BCUT2D eigenvalue weighted by Crippen LogP contribution is 2.70.